The van der Waals surface area contributed by atoms with Crippen molar-refractivity contribution in [3.8, 4) is 11.3 Å². The van der Waals surface area contributed by atoms with Crippen LogP contribution in [0.25, 0.3) is 11.3 Å². The zero-order valence-corrected chi connectivity index (χ0v) is 13.3. The number of nitrogens with zero attached hydrogens (tertiary/aromatic N) is 2. The van der Waals surface area contributed by atoms with Gasteiger partial charge in [-0.2, -0.15) is 0 Å². The molecule has 1 N–H and O–H groups in total. The van der Waals surface area contributed by atoms with Crippen LogP contribution in [0.1, 0.15) is 16.1 Å². The highest BCUT2D eigenvalue weighted by Crippen LogP contribution is 2.30. The summed E-state index contributed by atoms with van der Waals surface area (Å²) in [5.74, 6) is 0.0622. The molecule has 0 fully saturated rings. The molecule has 0 spiro atoms. The van der Waals surface area contributed by atoms with E-state index in [1.807, 2.05) is 6.07 Å². The first kappa shape index (κ1) is 15.5. The smallest absolute Gasteiger partial charge is 0.273 e. The Kier molecular flexibility index (Phi) is 4.60. The predicted molar refractivity (Wildman–Crippen MR) is 87.4 cm³/mol. The molecule has 0 radical (unpaired) electrons. The van der Waals surface area contributed by atoms with Crippen LogP contribution in [0.2, 0.25) is 10.0 Å². The summed E-state index contributed by atoms with van der Waals surface area (Å²) in [6, 6.07) is 10.2. The van der Waals surface area contributed by atoms with Gasteiger partial charge in [0.1, 0.15) is 0 Å². The summed E-state index contributed by atoms with van der Waals surface area (Å²) in [5.41, 5.74) is 1.69. The van der Waals surface area contributed by atoms with Crippen LogP contribution in [0.4, 0.5) is 0 Å². The van der Waals surface area contributed by atoms with Gasteiger partial charge in [0.2, 0.25) is 0 Å². The Labute approximate surface area is 142 Å². The molecule has 3 rings (SSSR count). The number of pyridine rings is 1. The van der Waals surface area contributed by atoms with Crippen LogP contribution in [0.15, 0.2) is 53.3 Å². The molecule has 23 heavy (non-hydrogen) atoms. The van der Waals surface area contributed by atoms with Gasteiger partial charge in [-0.15, -0.1) is 0 Å². The highest BCUT2D eigenvalue weighted by Gasteiger charge is 2.15. The summed E-state index contributed by atoms with van der Waals surface area (Å²) >= 11 is 12.0. The molecule has 0 aliphatic rings. The molecule has 0 aliphatic carbocycles. The molecule has 0 aliphatic heterocycles. The Morgan fingerprint density at radius 3 is 2.83 bits per heavy atom. The van der Waals surface area contributed by atoms with Gasteiger partial charge in [0, 0.05) is 35.6 Å². The fourth-order valence-electron chi connectivity index (χ4n) is 1.97. The number of carbonyl (C=O) groups is 1. The highest BCUT2D eigenvalue weighted by atomic mass is 35.5. The lowest BCUT2D eigenvalue weighted by Crippen LogP contribution is -2.23. The van der Waals surface area contributed by atoms with Crippen molar-refractivity contribution < 1.29 is 9.32 Å². The number of aromatic nitrogens is 2. The third kappa shape index (κ3) is 3.70. The van der Waals surface area contributed by atoms with Crippen molar-refractivity contribution in [2.45, 2.75) is 6.54 Å². The maximum atomic E-state index is 12.1. The van der Waals surface area contributed by atoms with Crippen LogP contribution in [0.5, 0.6) is 0 Å². The van der Waals surface area contributed by atoms with E-state index in [9.17, 15) is 4.79 Å². The molecule has 0 unspecified atom stereocenters. The van der Waals surface area contributed by atoms with E-state index in [2.05, 4.69) is 15.5 Å². The molecule has 7 heteroatoms. The average molecular weight is 348 g/mol. The van der Waals surface area contributed by atoms with Crippen molar-refractivity contribution in [1.82, 2.24) is 15.5 Å². The summed E-state index contributed by atoms with van der Waals surface area (Å²) in [6.07, 6.45) is 3.35. The lowest BCUT2D eigenvalue weighted by atomic mass is 10.1. The minimum Gasteiger partial charge on any atom is -0.355 e. The number of carbonyl (C=O) groups excluding carboxylic acids is 1. The number of rotatable bonds is 4. The largest absolute Gasteiger partial charge is 0.355 e. The van der Waals surface area contributed by atoms with Gasteiger partial charge < -0.3 is 9.84 Å². The number of hydrogen-bond acceptors (Lipinski definition) is 4. The van der Waals surface area contributed by atoms with Gasteiger partial charge in [-0.3, -0.25) is 9.78 Å². The van der Waals surface area contributed by atoms with Crippen LogP contribution in [-0.4, -0.2) is 16.0 Å². The molecule has 2 heterocycles. The number of amides is 1. The summed E-state index contributed by atoms with van der Waals surface area (Å²) in [5, 5.41) is 7.47. The van der Waals surface area contributed by atoms with E-state index in [0.717, 1.165) is 5.56 Å². The predicted octanol–water partition coefficient (Wildman–Crippen LogP) is 3.97. The van der Waals surface area contributed by atoms with Crippen molar-refractivity contribution in [2.75, 3.05) is 0 Å². The molecule has 116 valence electrons. The van der Waals surface area contributed by atoms with Crippen molar-refractivity contribution in [1.29, 1.82) is 0 Å². The van der Waals surface area contributed by atoms with E-state index in [1.165, 1.54) is 6.07 Å². The molecular formula is C16H11Cl2N3O2. The van der Waals surface area contributed by atoms with E-state index in [4.69, 9.17) is 27.7 Å². The molecule has 3 aromatic rings. The first-order valence-corrected chi connectivity index (χ1v) is 7.48. The van der Waals surface area contributed by atoms with Gasteiger partial charge in [-0.1, -0.05) is 34.4 Å². The van der Waals surface area contributed by atoms with Crippen molar-refractivity contribution >= 4 is 29.1 Å². The third-order valence-electron chi connectivity index (χ3n) is 3.12. The molecule has 1 amide bonds. The molecule has 2 aromatic heterocycles. The van der Waals surface area contributed by atoms with Crippen LogP contribution in [-0.2, 0) is 6.54 Å². The lowest BCUT2D eigenvalue weighted by molar-refractivity contribution is 0.0942. The fraction of sp³-hybridized carbons (Fsp3) is 0.0625. The van der Waals surface area contributed by atoms with Crippen LogP contribution in [0, 0.1) is 0 Å². The maximum absolute atomic E-state index is 12.1. The van der Waals surface area contributed by atoms with Crippen LogP contribution in [0.3, 0.4) is 0 Å². The molecule has 0 saturated heterocycles. The van der Waals surface area contributed by atoms with Gasteiger partial charge >= 0.3 is 0 Å². The second-order valence-electron chi connectivity index (χ2n) is 4.74. The topological polar surface area (TPSA) is 68.0 Å². The second kappa shape index (κ2) is 6.81. The van der Waals surface area contributed by atoms with Crippen molar-refractivity contribution in [2.24, 2.45) is 0 Å². The quantitative estimate of drug-likeness (QED) is 0.775. The maximum Gasteiger partial charge on any atom is 0.273 e. The normalized spacial score (nSPS) is 10.5. The number of benzene rings is 1. The Balaban J connectivity index is 1.72. The first-order valence-electron chi connectivity index (χ1n) is 6.73. The van der Waals surface area contributed by atoms with Gasteiger partial charge in [0.05, 0.1) is 5.02 Å². The van der Waals surface area contributed by atoms with Gasteiger partial charge in [-0.25, -0.2) is 0 Å². The molecule has 0 bridgehead atoms. The van der Waals surface area contributed by atoms with Gasteiger partial charge in [0.25, 0.3) is 5.91 Å². The molecular weight excluding hydrogens is 337 g/mol. The van der Waals surface area contributed by atoms with E-state index in [-0.39, 0.29) is 11.6 Å². The van der Waals surface area contributed by atoms with E-state index in [1.54, 1.807) is 36.7 Å². The SMILES string of the molecule is O=C(NCc1cccnc1)c1cc(-c2ccc(Cl)cc2Cl)on1. The Morgan fingerprint density at radius 1 is 1.22 bits per heavy atom. The monoisotopic (exact) mass is 347 g/mol. The van der Waals surface area contributed by atoms with Crippen LogP contribution >= 0.6 is 23.2 Å². The van der Waals surface area contributed by atoms with Crippen LogP contribution < -0.4 is 5.32 Å². The Bertz CT molecular complexity index is 834. The van der Waals surface area contributed by atoms with Gasteiger partial charge in [-0.05, 0) is 29.8 Å². The second-order valence-corrected chi connectivity index (χ2v) is 5.59. The van der Waals surface area contributed by atoms with Gasteiger partial charge in [0.15, 0.2) is 11.5 Å². The minimum atomic E-state index is -0.339. The third-order valence-corrected chi connectivity index (χ3v) is 3.66. The lowest BCUT2D eigenvalue weighted by Gasteiger charge is -2.01. The number of hydrogen-bond donors (Lipinski definition) is 1. The Hall–Kier alpha value is -2.37. The summed E-state index contributed by atoms with van der Waals surface area (Å²) in [7, 11) is 0. The number of halogens is 2. The number of nitrogens with one attached hydrogen (secondary N) is 1. The summed E-state index contributed by atoms with van der Waals surface area (Å²) < 4.78 is 5.19. The standard InChI is InChI=1S/C16H11Cl2N3O2/c17-11-3-4-12(13(18)6-11)15-7-14(21-23-15)16(22)20-9-10-2-1-5-19-8-10/h1-8H,9H2,(H,20,22). The average Bonchev–Trinajstić information content (AvgIpc) is 3.03. The van der Waals surface area contributed by atoms with E-state index >= 15 is 0 Å². The van der Waals surface area contributed by atoms with E-state index < -0.39 is 0 Å². The Morgan fingerprint density at radius 2 is 2.09 bits per heavy atom. The summed E-state index contributed by atoms with van der Waals surface area (Å²) in [6.45, 7) is 0.358. The minimum absolute atomic E-state index is 0.176. The molecule has 0 atom stereocenters. The zero-order chi connectivity index (χ0) is 16.2. The molecule has 1 aromatic carbocycles. The molecule has 0 saturated carbocycles. The zero-order valence-electron chi connectivity index (χ0n) is 11.8. The summed E-state index contributed by atoms with van der Waals surface area (Å²) in [4.78, 5) is 16.1. The highest BCUT2D eigenvalue weighted by molar-refractivity contribution is 6.36. The van der Waals surface area contributed by atoms with Crippen molar-refractivity contribution in [3.63, 3.8) is 0 Å². The van der Waals surface area contributed by atoms with E-state index in [0.29, 0.717) is 27.9 Å². The molecule has 5 nitrogen and oxygen atoms in total. The van der Waals surface area contributed by atoms with Crippen molar-refractivity contribution in [3.05, 3.63) is 70.1 Å². The fourth-order valence-corrected chi connectivity index (χ4v) is 2.48. The first-order chi connectivity index (χ1) is 11.1.